The average molecular weight is 362 g/mol. The molecule has 0 amide bonds. The topological polar surface area (TPSA) is 76.1 Å². The SMILES string of the molecule is Cc1ccccc1CN1CCO[C@H](c2cncc(Nc3ncccn3)n2)C1. The van der Waals surface area contributed by atoms with Crippen molar-refractivity contribution in [2.24, 2.45) is 0 Å². The van der Waals surface area contributed by atoms with Gasteiger partial charge in [-0.3, -0.25) is 9.88 Å². The molecule has 0 bridgehead atoms. The lowest BCUT2D eigenvalue weighted by Crippen LogP contribution is -2.38. The highest BCUT2D eigenvalue weighted by molar-refractivity contribution is 5.45. The summed E-state index contributed by atoms with van der Waals surface area (Å²) in [5.41, 5.74) is 3.47. The number of morpholine rings is 1. The smallest absolute Gasteiger partial charge is 0.228 e. The van der Waals surface area contributed by atoms with Gasteiger partial charge in [-0.15, -0.1) is 0 Å². The predicted molar refractivity (Wildman–Crippen MR) is 102 cm³/mol. The van der Waals surface area contributed by atoms with Gasteiger partial charge in [-0.2, -0.15) is 0 Å². The third kappa shape index (κ3) is 4.45. The maximum atomic E-state index is 5.96. The molecule has 0 radical (unpaired) electrons. The van der Waals surface area contributed by atoms with Crippen molar-refractivity contribution in [3.8, 4) is 0 Å². The van der Waals surface area contributed by atoms with Crippen LogP contribution in [0.5, 0.6) is 0 Å². The van der Waals surface area contributed by atoms with E-state index >= 15 is 0 Å². The Kier molecular flexibility index (Phi) is 5.32. The standard InChI is InChI=1S/C20H22N6O/c1-15-5-2-3-6-16(15)13-26-9-10-27-18(14-26)17-11-21-12-19(24-17)25-20-22-7-4-8-23-20/h2-8,11-12,18H,9-10,13-14H2,1H3,(H,22,23,24,25)/t18-/m0/s1. The van der Waals surface area contributed by atoms with E-state index in [-0.39, 0.29) is 6.10 Å². The number of aryl methyl sites for hydroxylation is 1. The van der Waals surface area contributed by atoms with E-state index in [9.17, 15) is 0 Å². The molecule has 27 heavy (non-hydrogen) atoms. The van der Waals surface area contributed by atoms with Gasteiger partial charge in [0.25, 0.3) is 0 Å². The molecule has 1 aromatic carbocycles. The van der Waals surface area contributed by atoms with Gasteiger partial charge in [-0.1, -0.05) is 24.3 Å². The zero-order valence-corrected chi connectivity index (χ0v) is 15.2. The van der Waals surface area contributed by atoms with Gasteiger partial charge in [0.2, 0.25) is 5.95 Å². The Morgan fingerprint density at radius 3 is 2.85 bits per heavy atom. The number of nitrogens with one attached hydrogen (secondary N) is 1. The van der Waals surface area contributed by atoms with E-state index < -0.39 is 0 Å². The second kappa shape index (κ2) is 8.20. The summed E-state index contributed by atoms with van der Waals surface area (Å²) in [7, 11) is 0. The summed E-state index contributed by atoms with van der Waals surface area (Å²) in [6.07, 6.45) is 6.68. The summed E-state index contributed by atoms with van der Waals surface area (Å²) in [4.78, 5) is 19.7. The van der Waals surface area contributed by atoms with Gasteiger partial charge < -0.3 is 10.1 Å². The molecule has 3 aromatic rings. The Hall–Kier alpha value is -2.90. The average Bonchev–Trinajstić information content (AvgIpc) is 2.71. The van der Waals surface area contributed by atoms with E-state index in [0.29, 0.717) is 18.4 Å². The first-order valence-corrected chi connectivity index (χ1v) is 9.02. The lowest BCUT2D eigenvalue weighted by atomic mass is 10.1. The Morgan fingerprint density at radius 1 is 1.15 bits per heavy atom. The van der Waals surface area contributed by atoms with E-state index in [2.05, 4.69) is 61.3 Å². The molecule has 0 spiro atoms. The van der Waals surface area contributed by atoms with Crippen molar-refractivity contribution in [1.29, 1.82) is 0 Å². The molecule has 7 heteroatoms. The Balaban J connectivity index is 1.45. The van der Waals surface area contributed by atoms with Gasteiger partial charge in [0.05, 0.1) is 24.7 Å². The number of hydrogen-bond acceptors (Lipinski definition) is 7. The molecule has 1 N–H and O–H groups in total. The van der Waals surface area contributed by atoms with Crippen LogP contribution >= 0.6 is 0 Å². The number of ether oxygens (including phenoxy) is 1. The van der Waals surface area contributed by atoms with E-state index in [4.69, 9.17) is 4.74 Å². The molecule has 1 fully saturated rings. The summed E-state index contributed by atoms with van der Waals surface area (Å²) in [5, 5.41) is 3.08. The van der Waals surface area contributed by atoms with Crippen LogP contribution < -0.4 is 5.32 Å². The molecule has 0 unspecified atom stereocenters. The molecule has 0 aliphatic carbocycles. The van der Waals surface area contributed by atoms with Crippen molar-refractivity contribution in [2.45, 2.75) is 19.6 Å². The summed E-state index contributed by atoms with van der Waals surface area (Å²) in [5.74, 6) is 1.10. The molecular formula is C20H22N6O. The highest BCUT2D eigenvalue weighted by Gasteiger charge is 2.24. The molecule has 3 heterocycles. The molecule has 4 rings (SSSR count). The van der Waals surface area contributed by atoms with Crippen LogP contribution in [0.4, 0.5) is 11.8 Å². The van der Waals surface area contributed by atoms with Crippen molar-refractivity contribution >= 4 is 11.8 Å². The second-order valence-corrected chi connectivity index (χ2v) is 6.55. The molecule has 1 aliphatic heterocycles. The Bertz CT molecular complexity index is 888. The van der Waals surface area contributed by atoms with Crippen molar-refractivity contribution < 1.29 is 4.74 Å². The molecule has 2 aromatic heterocycles. The molecule has 1 atom stereocenters. The van der Waals surface area contributed by atoms with Crippen molar-refractivity contribution in [3.63, 3.8) is 0 Å². The molecule has 1 aliphatic rings. The van der Waals surface area contributed by atoms with Crippen molar-refractivity contribution in [2.75, 3.05) is 25.0 Å². The fraction of sp³-hybridized carbons (Fsp3) is 0.300. The molecule has 7 nitrogen and oxygen atoms in total. The zero-order chi connectivity index (χ0) is 18.5. The molecular weight excluding hydrogens is 340 g/mol. The summed E-state index contributed by atoms with van der Waals surface area (Å²) in [6.45, 7) is 5.44. The van der Waals surface area contributed by atoms with E-state index in [1.54, 1.807) is 30.9 Å². The third-order valence-corrected chi connectivity index (χ3v) is 4.59. The van der Waals surface area contributed by atoms with Crippen LogP contribution in [0.1, 0.15) is 22.9 Å². The van der Waals surface area contributed by atoms with Gasteiger partial charge in [0.15, 0.2) is 5.82 Å². The second-order valence-electron chi connectivity index (χ2n) is 6.55. The minimum absolute atomic E-state index is 0.103. The minimum Gasteiger partial charge on any atom is -0.369 e. The first kappa shape index (κ1) is 17.5. The number of nitrogens with zero attached hydrogens (tertiary/aromatic N) is 5. The Labute approximate surface area is 158 Å². The molecule has 0 saturated carbocycles. The van der Waals surface area contributed by atoms with Crippen LogP contribution in [0, 0.1) is 6.92 Å². The number of anilines is 2. The zero-order valence-electron chi connectivity index (χ0n) is 15.2. The quantitative estimate of drug-likeness (QED) is 0.748. The monoisotopic (exact) mass is 362 g/mol. The predicted octanol–water partition coefficient (Wildman–Crippen LogP) is 2.89. The maximum Gasteiger partial charge on any atom is 0.228 e. The largest absolute Gasteiger partial charge is 0.369 e. The lowest BCUT2D eigenvalue weighted by molar-refractivity contribution is -0.0351. The molecule has 1 saturated heterocycles. The van der Waals surface area contributed by atoms with Crippen LogP contribution in [0.2, 0.25) is 0 Å². The summed E-state index contributed by atoms with van der Waals surface area (Å²) < 4.78 is 5.96. The maximum absolute atomic E-state index is 5.96. The number of aromatic nitrogens is 4. The third-order valence-electron chi connectivity index (χ3n) is 4.59. The fourth-order valence-corrected chi connectivity index (χ4v) is 3.13. The van der Waals surface area contributed by atoms with E-state index in [1.165, 1.54) is 11.1 Å². The van der Waals surface area contributed by atoms with E-state index in [1.807, 2.05) is 0 Å². The summed E-state index contributed by atoms with van der Waals surface area (Å²) >= 11 is 0. The van der Waals surface area contributed by atoms with Crippen molar-refractivity contribution in [1.82, 2.24) is 24.8 Å². The van der Waals surface area contributed by atoms with Crippen LogP contribution in [-0.2, 0) is 11.3 Å². The van der Waals surface area contributed by atoms with Gasteiger partial charge >= 0.3 is 0 Å². The lowest BCUT2D eigenvalue weighted by Gasteiger charge is -2.32. The van der Waals surface area contributed by atoms with Crippen LogP contribution in [0.15, 0.2) is 55.1 Å². The van der Waals surface area contributed by atoms with Gasteiger partial charge in [-0.05, 0) is 24.1 Å². The van der Waals surface area contributed by atoms with Crippen LogP contribution in [0.3, 0.4) is 0 Å². The normalized spacial score (nSPS) is 17.6. The first-order valence-electron chi connectivity index (χ1n) is 9.02. The highest BCUT2D eigenvalue weighted by atomic mass is 16.5. The van der Waals surface area contributed by atoms with Gasteiger partial charge in [0.1, 0.15) is 6.10 Å². The summed E-state index contributed by atoms with van der Waals surface area (Å²) in [6, 6.07) is 10.3. The Morgan fingerprint density at radius 2 is 2.00 bits per heavy atom. The van der Waals surface area contributed by atoms with Gasteiger partial charge in [-0.25, -0.2) is 15.0 Å². The highest BCUT2D eigenvalue weighted by Crippen LogP contribution is 2.23. The number of rotatable bonds is 5. The first-order chi connectivity index (χ1) is 13.3. The fourth-order valence-electron chi connectivity index (χ4n) is 3.13. The number of hydrogen-bond donors (Lipinski definition) is 1. The van der Waals surface area contributed by atoms with Crippen LogP contribution in [-0.4, -0.2) is 44.5 Å². The minimum atomic E-state index is -0.103. The van der Waals surface area contributed by atoms with Gasteiger partial charge in [0, 0.05) is 32.0 Å². The molecule has 138 valence electrons. The number of benzene rings is 1. The van der Waals surface area contributed by atoms with Crippen molar-refractivity contribution in [3.05, 3.63) is 71.9 Å². The van der Waals surface area contributed by atoms with E-state index in [0.717, 1.165) is 25.3 Å². The van der Waals surface area contributed by atoms with Crippen LogP contribution in [0.25, 0.3) is 0 Å².